The lowest BCUT2D eigenvalue weighted by molar-refractivity contribution is -0.137. The minimum atomic E-state index is -1.18. The molecule has 10 heteroatoms. The van der Waals surface area contributed by atoms with Crippen LogP contribution >= 0.6 is 11.6 Å². The first kappa shape index (κ1) is 19.9. The van der Waals surface area contributed by atoms with Crippen LogP contribution in [0.2, 0.25) is 5.02 Å². The van der Waals surface area contributed by atoms with Gasteiger partial charge < -0.3 is 15.1 Å². The van der Waals surface area contributed by atoms with Crippen molar-refractivity contribution in [3.8, 4) is 0 Å². The van der Waals surface area contributed by atoms with Crippen molar-refractivity contribution in [3.63, 3.8) is 0 Å². The molecule has 1 N–H and O–H groups in total. The second-order valence-electron chi connectivity index (χ2n) is 6.16. The van der Waals surface area contributed by atoms with Gasteiger partial charge >= 0.3 is 6.03 Å². The highest BCUT2D eigenvalue weighted by Gasteiger charge is 2.28. The van der Waals surface area contributed by atoms with Crippen molar-refractivity contribution in [2.24, 2.45) is 0 Å². The zero-order chi connectivity index (χ0) is 20.4. The minimum absolute atomic E-state index is 0.0122. The number of nitrogens with one attached hydrogen (secondary N) is 1. The number of anilines is 1. The third-order valence-electron chi connectivity index (χ3n) is 4.20. The molecule has 0 aromatic heterocycles. The fourth-order valence-corrected chi connectivity index (χ4v) is 2.91. The lowest BCUT2D eigenvalue weighted by Crippen LogP contribution is -2.51. The molecule has 1 saturated heterocycles. The molecule has 148 valence electrons. The first-order chi connectivity index (χ1) is 13.2. The number of rotatable bonds is 3. The molecule has 3 rings (SSSR count). The maximum atomic E-state index is 13.8. The summed E-state index contributed by atoms with van der Waals surface area (Å²) < 4.78 is 53.3. The first-order valence-electron chi connectivity index (χ1n) is 8.17. The predicted octanol–water partition coefficient (Wildman–Crippen LogP) is 4.12. The summed E-state index contributed by atoms with van der Waals surface area (Å²) in [5.74, 6) is -4.18. The van der Waals surface area contributed by atoms with Gasteiger partial charge in [-0.1, -0.05) is 17.7 Å². The molecule has 1 aliphatic rings. The summed E-state index contributed by atoms with van der Waals surface area (Å²) in [5, 5.41) is 2.16. The second kappa shape index (κ2) is 8.05. The summed E-state index contributed by atoms with van der Waals surface area (Å²) in [7, 11) is 0. The Morgan fingerprint density at radius 2 is 1.79 bits per heavy atom. The van der Waals surface area contributed by atoms with Gasteiger partial charge in [0.1, 0.15) is 11.6 Å². The Labute approximate surface area is 162 Å². The number of carbonyl (C=O) groups excluding carboxylic acids is 2. The van der Waals surface area contributed by atoms with E-state index in [1.54, 1.807) is 0 Å². The van der Waals surface area contributed by atoms with Crippen LogP contribution in [-0.4, -0.2) is 35.0 Å². The third kappa shape index (κ3) is 4.36. The van der Waals surface area contributed by atoms with Crippen LogP contribution in [0.15, 0.2) is 30.3 Å². The molecule has 2 aromatic carbocycles. The number of hydrogen-bond donors (Lipinski definition) is 1. The van der Waals surface area contributed by atoms with Crippen molar-refractivity contribution in [2.75, 3.05) is 18.5 Å². The van der Waals surface area contributed by atoms with Crippen LogP contribution in [0.25, 0.3) is 0 Å². The predicted molar refractivity (Wildman–Crippen MR) is 93.5 cm³/mol. The highest BCUT2D eigenvalue weighted by atomic mass is 35.5. The number of halogens is 5. The van der Waals surface area contributed by atoms with Gasteiger partial charge in [0.25, 0.3) is 0 Å². The molecular formula is C18H14ClF4N3O2. The second-order valence-corrected chi connectivity index (χ2v) is 6.57. The van der Waals surface area contributed by atoms with Crippen molar-refractivity contribution in [2.45, 2.75) is 13.0 Å². The summed E-state index contributed by atoms with van der Waals surface area (Å²) in [6.45, 7) is -0.238. The van der Waals surface area contributed by atoms with Gasteiger partial charge in [-0.05, 0) is 12.1 Å². The molecule has 3 amide bonds. The van der Waals surface area contributed by atoms with Crippen molar-refractivity contribution in [1.29, 1.82) is 0 Å². The highest BCUT2D eigenvalue weighted by Crippen LogP contribution is 2.25. The summed E-state index contributed by atoms with van der Waals surface area (Å²) >= 11 is 5.80. The molecule has 0 spiro atoms. The Morgan fingerprint density at radius 3 is 2.50 bits per heavy atom. The molecule has 1 heterocycles. The van der Waals surface area contributed by atoms with Crippen molar-refractivity contribution >= 4 is 29.2 Å². The monoisotopic (exact) mass is 415 g/mol. The number of benzene rings is 2. The van der Waals surface area contributed by atoms with Gasteiger partial charge in [-0.3, -0.25) is 4.79 Å². The number of nitrogens with zero attached hydrogens (tertiary/aromatic N) is 2. The zero-order valence-corrected chi connectivity index (χ0v) is 15.1. The Bertz CT molecular complexity index is 941. The van der Waals surface area contributed by atoms with Gasteiger partial charge in [0.2, 0.25) is 5.91 Å². The normalized spacial score (nSPS) is 14.4. The van der Waals surface area contributed by atoms with Crippen LogP contribution in [-0.2, 0) is 11.3 Å². The summed E-state index contributed by atoms with van der Waals surface area (Å²) in [6, 6.07) is 3.79. The van der Waals surface area contributed by atoms with E-state index in [4.69, 9.17) is 11.6 Å². The minimum Gasteiger partial charge on any atom is -0.320 e. The van der Waals surface area contributed by atoms with E-state index < -0.39 is 29.3 Å². The number of hydrogen-bond acceptors (Lipinski definition) is 2. The van der Waals surface area contributed by atoms with E-state index in [1.807, 2.05) is 0 Å². The topological polar surface area (TPSA) is 52.7 Å². The Balaban J connectivity index is 1.70. The van der Waals surface area contributed by atoms with E-state index in [0.29, 0.717) is 6.07 Å². The van der Waals surface area contributed by atoms with Crippen LogP contribution in [0.1, 0.15) is 12.0 Å². The molecule has 0 unspecified atom stereocenters. The molecule has 1 fully saturated rings. The molecule has 5 nitrogen and oxygen atoms in total. The lowest BCUT2D eigenvalue weighted by Gasteiger charge is -2.35. The number of carbonyl (C=O) groups is 2. The van der Waals surface area contributed by atoms with E-state index in [9.17, 15) is 27.2 Å². The number of amides is 3. The van der Waals surface area contributed by atoms with Crippen LogP contribution < -0.4 is 5.32 Å². The van der Waals surface area contributed by atoms with Crippen molar-refractivity contribution in [1.82, 2.24) is 9.80 Å². The third-order valence-corrected chi connectivity index (χ3v) is 4.52. The van der Waals surface area contributed by atoms with Crippen LogP contribution in [0, 0.1) is 23.3 Å². The Hall–Kier alpha value is -2.81. The largest absolute Gasteiger partial charge is 0.323 e. The van der Waals surface area contributed by atoms with Crippen LogP contribution in [0.3, 0.4) is 0 Å². The molecule has 0 saturated carbocycles. The first-order valence-corrected chi connectivity index (χ1v) is 8.54. The SMILES string of the molecule is O=C1CCN(C(=O)Nc2cc(F)c(F)cc2Cl)CN1Cc1ccc(F)cc1F. The molecule has 0 radical (unpaired) electrons. The van der Waals surface area contributed by atoms with Gasteiger partial charge in [0.15, 0.2) is 11.6 Å². The average Bonchev–Trinajstić information content (AvgIpc) is 2.63. The molecule has 28 heavy (non-hydrogen) atoms. The van der Waals surface area contributed by atoms with Crippen molar-refractivity contribution in [3.05, 3.63) is 64.2 Å². The van der Waals surface area contributed by atoms with E-state index in [-0.39, 0.29) is 48.4 Å². The molecule has 0 aliphatic carbocycles. The Kier molecular flexibility index (Phi) is 5.73. The molecule has 0 bridgehead atoms. The van der Waals surface area contributed by atoms with Gasteiger partial charge in [-0.25, -0.2) is 22.4 Å². The summed E-state index contributed by atoms with van der Waals surface area (Å²) in [4.78, 5) is 27.0. The fourth-order valence-electron chi connectivity index (χ4n) is 2.72. The zero-order valence-electron chi connectivity index (χ0n) is 14.3. The van der Waals surface area contributed by atoms with E-state index in [0.717, 1.165) is 18.2 Å². The van der Waals surface area contributed by atoms with Crippen molar-refractivity contribution < 1.29 is 27.2 Å². The quantitative estimate of drug-likeness (QED) is 0.605. The smallest absolute Gasteiger partial charge is 0.320 e. The summed E-state index contributed by atoms with van der Waals surface area (Å²) in [6.07, 6.45) is -0.0122. The Morgan fingerprint density at radius 1 is 1.07 bits per heavy atom. The molecule has 1 aliphatic heterocycles. The lowest BCUT2D eigenvalue weighted by atomic mass is 10.1. The maximum absolute atomic E-state index is 13.8. The molecule has 0 atom stereocenters. The van der Waals surface area contributed by atoms with E-state index >= 15 is 0 Å². The van der Waals surface area contributed by atoms with Crippen LogP contribution in [0.4, 0.5) is 28.0 Å². The maximum Gasteiger partial charge on any atom is 0.323 e. The van der Waals surface area contributed by atoms with E-state index in [2.05, 4.69) is 5.32 Å². The molecule has 2 aromatic rings. The van der Waals surface area contributed by atoms with Crippen LogP contribution in [0.5, 0.6) is 0 Å². The fraction of sp³-hybridized carbons (Fsp3) is 0.222. The van der Waals surface area contributed by atoms with E-state index in [1.165, 1.54) is 15.9 Å². The number of urea groups is 1. The van der Waals surface area contributed by atoms with Gasteiger partial charge in [0.05, 0.1) is 23.9 Å². The van der Waals surface area contributed by atoms with Gasteiger partial charge in [0, 0.05) is 30.7 Å². The standard InChI is InChI=1S/C18H14ClF4N3O2/c19-12-6-14(22)15(23)7-16(12)24-18(28)25-4-3-17(27)26(9-25)8-10-1-2-11(20)5-13(10)21/h1-2,5-7H,3-4,8-9H2,(H,24,28). The van der Waals surface area contributed by atoms with Gasteiger partial charge in [-0.15, -0.1) is 0 Å². The highest BCUT2D eigenvalue weighted by molar-refractivity contribution is 6.33. The van der Waals surface area contributed by atoms with Gasteiger partial charge in [-0.2, -0.15) is 0 Å². The molecular weight excluding hydrogens is 402 g/mol. The summed E-state index contributed by atoms with van der Waals surface area (Å²) in [5.41, 5.74) is -0.0285. The average molecular weight is 416 g/mol.